The molecule has 1 saturated heterocycles. The Morgan fingerprint density at radius 1 is 1.33 bits per heavy atom. The molecule has 0 unspecified atom stereocenters. The maximum absolute atomic E-state index is 12.7. The van der Waals surface area contributed by atoms with Gasteiger partial charge in [-0.15, -0.1) is 0 Å². The smallest absolute Gasteiger partial charge is 0.294 e. The van der Waals surface area contributed by atoms with Crippen LogP contribution in [0.25, 0.3) is 6.08 Å². The lowest BCUT2D eigenvalue weighted by Gasteiger charge is -2.13. The molecule has 0 aliphatic carbocycles. The Morgan fingerprint density at radius 2 is 2.07 bits per heavy atom. The van der Waals surface area contributed by atoms with Gasteiger partial charge in [0.25, 0.3) is 11.1 Å². The minimum absolute atomic E-state index is 0.0507. The fourth-order valence-corrected chi connectivity index (χ4v) is 4.07. The first-order valence-electron chi connectivity index (χ1n) is 8.75. The van der Waals surface area contributed by atoms with Crippen LogP contribution in [-0.4, -0.2) is 40.2 Å². The van der Waals surface area contributed by atoms with Crippen molar-refractivity contribution in [1.82, 2.24) is 4.90 Å². The maximum atomic E-state index is 12.7. The molecule has 0 radical (unpaired) electrons. The van der Waals surface area contributed by atoms with Crippen molar-refractivity contribution in [3.8, 4) is 11.5 Å². The van der Waals surface area contributed by atoms with E-state index < -0.39 is 23.6 Å². The van der Waals surface area contributed by atoms with Crippen LogP contribution in [0.3, 0.4) is 0 Å². The minimum atomic E-state index is -0.586. The number of benzene rings is 2. The highest BCUT2D eigenvalue weighted by Gasteiger charge is 2.36. The zero-order valence-corrected chi connectivity index (χ0v) is 18.8. The number of ether oxygens (including phenoxy) is 1. The molecule has 0 atom stereocenters. The van der Waals surface area contributed by atoms with Crippen LogP contribution in [-0.2, 0) is 9.59 Å². The first-order valence-corrected chi connectivity index (χ1v) is 10.7. The van der Waals surface area contributed by atoms with Gasteiger partial charge in [-0.2, -0.15) is 0 Å². The average molecular weight is 512 g/mol. The van der Waals surface area contributed by atoms with E-state index in [9.17, 15) is 19.5 Å². The summed E-state index contributed by atoms with van der Waals surface area (Å²) >= 11 is 10.1. The van der Waals surface area contributed by atoms with Crippen LogP contribution in [0.5, 0.6) is 11.5 Å². The molecule has 0 saturated carbocycles. The van der Waals surface area contributed by atoms with Gasteiger partial charge in [0.15, 0.2) is 11.5 Å². The number of amides is 3. The molecule has 1 aliphatic heterocycles. The number of hydrogen-bond acceptors (Lipinski definition) is 6. The summed E-state index contributed by atoms with van der Waals surface area (Å²) in [6.07, 6.45) is 1.50. The second-order valence-corrected chi connectivity index (χ2v) is 8.33. The Bertz CT molecular complexity index is 1060. The van der Waals surface area contributed by atoms with Gasteiger partial charge in [0, 0.05) is 4.47 Å². The van der Waals surface area contributed by atoms with Crippen molar-refractivity contribution < 1.29 is 24.2 Å². The molecule has 30 heavy (non-hydrogen) atoms. The van der Waals surface area contributed by atoms with Crippen molar-refractivity contribution in [2.75, 3.05) is 18.5 Å². The first-order chi connectivity index (χ1) is 14.3. The largest absolute Gasteiger partial charge is 0.504 e. The Hall–Kier alpha value is -2.49. The van der Waals surface area contributed by atoms with E-state index in [1.54, 1.807) is 37.3 Å². The predicted octanol–water partition coefficient (Wildman–Crippen LogP) is 4.88. The van der Waals surface area contributed by atoms with E-state index in [1.165, 1.54) is 12.1 Å². The lowest BCUT2D eigenvalue weighted by atomic mass is 10.2. The summed E-state index contributed by atoms with van der Waals surface area (Å²) in [5.41, 5.74) is 0.936. The molecule has 2 aromatic rings. The summed E-state index contributed by atoms with van der Waals surface area (Å²) in [7, 11) is 0. The second kappa shape index (κ2) is 9.55. The summed E-state index contributed by atoms with van der Waals surface area (Å²) < 4.78 is 5.87. The van der Waals surface area contributed by atoms with Crippen LogP contribution in [0.2, 0.25) is 5.02 Å². The molecular formula is C20H16BrClN2O5S. The van der Waals surface area contributed by atoms with Crippen molar-refractivity contribution in [3.63, 3.8) is 0 Å². The van der Waals surface area contributed by atoms with Crippen LogP contribution in [0.1, 0.15) is 12.5 Å². The van der Waals surface area contributed by atoms with Gasteiger partial charge >= 0.3 is 0 Å². The molecule has 0 aromatic heterocycles. The fourth-order valence-electron chi connectivity index (χ4n) is 2.61. The van der Waals surface area contributed by atoms with E-state index in [2.05, 4.69) is 21.2 Å². The number of carbonyl (C=O) groups excluding carboxylic acids is 3. The number of rotatable bonds is 6. The van der Waals surface area contributed by atoms with Crippen LogP contribution in [0, 0.1) is 0 Å². The number of para-hydroxylation sites is 1. The van der Waals surface area contributed by atoms with E-state index >= 15 is 0 Å². The van der Waals surface area contributed by atoms with Crippen LogP contribution in [0.15, 0.2) is 45.8 Å². The van der Waals surface area contributed by atoms with Gasteiger partial charge in [0.2, 0.25) is 5.91 Å². The molecule has 2 aromatic carbocycles. The molecule has 1 heterocycles. The van der Waals surface area contributed by atoms with E-state index in [-0.39, 0.29) is 16.4 Å². The van der Waals surface area contributed by atoms with Crippen molar-refractivity contribution in [3.05, 3.63) is 56.4 Å². The monoisotopic (exact) mass is 510 g/mol. The Kier molecular flexibility index (Phi) is 7.06. The van der Waals surface area contributed by atoms with Gasteiger partial charge in [0.05, 0.1) is 22.2 Å². The zero-order chi connectivity index (χ0) is 21.8. The van der Waals surface area contributed by atoms with Gasteiger partial charge in [0.1, 0.15) is 6.54 Å². The molecule has 2 N–H and O–H groups in total. The molecule has 7 nitrogen and oxygen atoms in total. The molecule has 156 valence electrons. The summed E-state index contributed by atoms with van der Waals surface area (Å²) in [6, 6.07) is 9.66. The normalized spacial score (nSPS) is 15.0. The highest BCUT2D eigenvalue weighted by Crippen LogP contribution is 2.37. The zero-order valence-electron chi connectivity index (χ0n) is 15.6. The lowest BCUT2D eigenvalue weighted by Crippen LogP contribution is -2.36. The van der Waals surface area contributed by atoms with Gasteiger partial charge in [-0.05, 0) is 54.6 Å². The second-order valence-electron chi connectivity index (χ2n) is 6.07. The molecule has 0 bridgehead atoms. The number of thioether (sulfide) groups is 1. The van der Waals surface area contributed by atoms with Crippen molar-refractivity contribution in [1.29, 1.82) is 0 Å². The summed E-state index contributed by atoms with van der Waals surface area (Å²) in [5.74, 6) is -0.927. The van der Waals surface area contributed by atoms with Gasteiger partial charge in [-0.1, -0.05) is 39.7 Å². The highest BCUT2D eigenvalue weighted by atomic mass is 79.9. The van der Waals surface area contributed by atoms with Crippen LogP contribution < -0.4 is 10.1 Å². The molecular weight excluding hydrogens is 496 g/mol. The third kappa shape index (κ3) is 4.97. The van der Waals surface area contributed by atoms with Crippen LogP contribution in [0.4, 0.5) is 10.5 Å². The SMILES string of the molecule is CCOc1cc(/C=C2/SC(=O)N(CC(=O)Nc3ccccc3Cl)C2=O)c(Br)cc1O. The van der Waals surface area contributed by atoms with Gasteiger partial charge in [-0.3, -0.25) is 19.3 Å². The quantitative estimate of drug-likeness (QED) is 0.537. The summed E-state index contributed by atoms with van der Waals surface area (Å²) in [4.78, 5) is 38.3. The number of phenols is 1. The van der Waals surface area contributed by atoms with Crippen molar-refractivity contribution in [2.24, 2.45) is 0 Å². The van der Waals surface area contributed by atoms with Gasteiger partial charge < -0.3 is 15.2 Å². The highest BCUT2D eigenvalue weighted by molar-refractivity contribution is 9.10. The topological polar surface area (TPSA) is 95.9 Å². The number of phenolic OH excluding ortho intramolecular Hbond substituents is 1. The Balaban J connectivity index is 1.77. The third-order valence-electron chi connectivity index (χ3n) is 3.99. The molecule has 1 aliphatic rings. The number of hydrogen-bond donors (Lipinski definition) is 2. The Morgan fingerprint density at radius 3 is 2.77 bits per heavy atom. The number of aromatic hydroxyl groups is 1. The standard InChI is InChI=1S/C20H16BrClN2O5S/c1-2-29-16-7-11(12(21)9-15(16)25)8-17-19(27)24(20(28)30-17)10-18(26)23-14-6-4-3-5-13(14)22/h3-9,25H,2,10H2,1H3,(H,23,26)/b17-8+. The molecule has 10 heteroatoms. The first kappa shape index (κ1) is 22.2. The van der Waals surface area contributed by atoms with Crippen LogP contribution >= 0.6 is 39.3 Å². The number of nitrogens with zero attached hydrogens (tertiary/aromatic N) is 1. The van der Waals surface area contributed by atoms with E-state index in [1.807, 2.05) is 0 Å². The van der Waals surface area contributed by atoms with Crippen molar-refractivity contribution >= 4 is 68.1 Å². The lowest BCUT2D eigenvalue weighted by molar-refractivity contribution is -0.127. The summed E-state index contributed by atoms with van der Waals surface area (Å²) in [5, 5.41) is 12.3. The molecule has 1 fully saturated rings. The number of carbonyl (C=O) groups is 3. The third-order valence-corrected chi connectivity index (χ3v) is 5.91. The van der Waals surface area contributed by atoms with E-state index in [4.69, 9.17) is 16.3 Å². The predicted molar refractivity (Wildman–Crippen MR) is 120 cm³/mol. The van der Waals surface area contributed by atoms with E-state index in [0.717, 1.165) is 16.7 Å². The van der Waals surface area contributed by atoms with Gasteiger partial charge in [-0.25, -0.2) is 0 Å². The number of imide groups is 1. The maximum Gasteiger partial charge on any atom is 0.294 e. The van der Waals surface area contributed by atoms with Crippen molar-refractivity contribution in [2.45, 2.75) is 6.92 Å². The number of anilines is 1. The minimum Gasteiger partial charge on any atom is -0.504 e. The molecule has 3 rings (SSSR count). The molecule has 3 amide bonds. The Labute approximate surface area is 190 Å². The fraction of sp³-hybridized carbons (Fsp3) is 0.150. The number of halogens is 2. The average Bonchev–Trinajstić information content (AvgIpc) is 2.95. The van der Waals surface area contributed by atoms with E-state index in [0.29, 0.717) is 27.4 Å². The summed E-state index contributed by atoms with van der Waals surface area (Å²) in [6.45, 7) is 1.69. The molecule has 0 spiro atoms. The number of nitrogens with one attached hydrogen (secondary N) is 1.